The first-order chi connectivity index (χ1) is 28.9. The van der Waals surface area contributed by atoms with Crippen LogP contribution in [0.15, 0.2) is 66.7 Å². The summed E-state index contributed by atoms with van der Waals surface area (Å²) in [6.45, 7) is 6.19. The van der Waals surface area contributed by atoms with E-state index in [0.29, 0.717) is 104 Å². The monoisotopic (exact) mass is 816 g/mol. The van der Waals surface area contributed by atoms with Crippen molar-refractivity contribution in [2.75, 3.05) is 104 Å². The molecule has 3 aliphatic rings. The lowest BCUT2D eigenvalue weighted by Gasteiger charge is -2.27. The summed E-state index contributed by atoms with van der Waals surface area (Å²) in [5, 5.41) is 8.13. The van der Waals surface area contributed by atoms with E-state index in [0.717, 1.165) is 4.90 Å². The predicted octanol–water partition coefficient (Wildman–Crippen LogP) is 3.53. The minimum absolute atomic E-state index is 0.0333. The number of rotatable bonds is 26. The van der Waals surface area contributed by atoms with E-state index in [2.05, 4.69) is 40.2 Å². The van der Waals surface area contributed by atoms with Gasteiger partial charge in [0.25, 0.3) is 11.8 Å². The summed E-state index contributed by atoms with van der Waals surface area (Å²) >= 11 is 0. The fourth-order valence-electron chi connectivity index (χ4n) is 7.14. The number of piperidine rings is 1. The van der Waals surface area contributed by atoms with Crippen LogP contribution in [0.4, 0.5) is 10.5 Å². The van der Waals surface area contributed by atoms with Crippen LogP contribution in [0.1, 0.15) is 57.0 Å². The zero-order valence-corrected chi connectivity index (χ0v) is 33.1. The zero-order chi connectivity index (χ0) is 41.2. The van der Waals surface area contributed by atoms with Gasteiger partial charge in [-0.05, 0) is 47.2 Å². The number of amides is 5. The molecule has 3 aromatic carbocycles. The normalized spacial score (nSPS) is 15.9. The van der Waals surface area contributed by atoms with E-state index < -0.39 is 35.8 Å². The number of imide groups is 2. The summed E-state index contributed by atoms with van der Waals surface area (Å²) in [7, 11) is 0. The van der Waals surface area contributed by atoms with Gasteiger partial charge in [0.1, 0.15) is 12.6 Å². The van der Waals surface area contributed by atoms with Gasteiger partial charge in [-0.25, -0.2) is 4.79 Å². The largest absolute Gasteiger partial charge is 0.449 e. The van der Waals surface area contributed by atoms with Crippen LogP contribution in [0.5, 0.6) is 0 Å². The van der Waals surface area contributed by atoms with E-state index in [-0.39, 0.29) is 36.5 Å². The highest BCUT2D eigenvalue weighted by Crippen LogP contribution is 2.44. The van der Waals surface area contributed by atoms with Gasteiger partial charge in [-0.3, -0.25) is 29.4 Å². The highest BCUT2D eigenvalue weighted by atomic mass is 16.6. The lowest BCUT2D eigenvalue weighted by atomic mass is 9.98. The number of carbonyl (C=O) groups excluding carboxylic acids is 5. The Bertz CT molecular complexity index is 1860. The molecule has 1 atom stereocenters. The molecule has 3 N–H and O–H groups in total. The van der Waals surface area contributed by atoms with Crippen molar-refractivity contribution in [1.82, 2.24) is 15.5 Å². The molecular formula is C43H52N4O12. The third-order valence-electron chi connectivity index (χ3n) is 9.97. The Hall–Kier alpha value is -5.23. The Morgan fingerprint density at radius 1 is 0.627 bits per heavy atom. The highest BCUT2D eigenvalue weighted by Gasteiger charge is 2.45. The van der Waals surface area contributed by atoms with Crippen LogP contribution >= 0.6 is 0 Å². The van der Waals surface area contributed by atoms with E-state index in [1.54, 1.807) is 18.2 Å². The van der Waals surface area contributed by atoms with Gasteiger partial charge in [-0.2, -0.15) is 0 Å². The van der Waals surface area contributed by atoms with E-state index in [1.165, 1.54) is 22.3 Å². The molecular weight excluding hydrogens is 764 g/mol. The molecule has 0 aromatic heterocycles. The van der Waals surface area contributed by atoms with Crippen molar-refractivity contribution in [3.8, 4) is 11.1 Å². The second kappa shape index (κ2) is 22.8. The molecule has 59 heavy (non-hydrogen) atoms. The number of alkyl carbamates (subject to hydrolysis) is 1. The SMILES string of the molecule is O=C1CCC(N2C(=O)c3cccc(NCCOCCOCCOCCOCCOCCOCCCNC(=O)OCC4c5ccccc5-c5ccccc54)c3C2=O)C(=O)N1. The number of ether oxygens (including phenoxy) is 7. The van der Waals surface area contributed by atoms with Crippen LogP contribution in [0.3, 0.4) is 0 Å². The Morgan fingerprint density at radius 2 is 1.17 bits per heavy atom. The van der Waals surface area contributed by atoms with Crippen molar-refractivity contribution in [3.63, 3.8) is 0 Å². The maximum absolute atomic E-state index is 13.2. The maximum atomic E-state index is 13.2. The number of nitrogens with zero attached hydrogens (tertiary/aromatic N) is 1. The number of nitrogens with one attached hydrogen (secondary N) is 3. The fourth-order valence-corrected chi connectivity index (χ4v) is 7.14. The molecule has 2 heterocycles. The molecule has 316 valence electrons. The molecule has 1 saturated heterocycles. The van der Waals surface area contributed by atoms with Crippen molar-refractivity contribution in [1.29, 1.82) is 0 Å². The van der Waals surface area contributed by atoms with E-state index in [9.17, 15) is 24.0 Å². The minimum atomic E-state index is -1.01. The molecule has 1 fully saturated rings. The number of carbonyl (C=O) groups is 5. The van der Waals surface area contributed by atoms with Crippen LogP contribution in [-0.4, -0.2) is 140 Å². The van der Waals surface area contributed by atoms with Crippen LogP contribution in [0.2, 0.25) is 0 Å². The Morgan fingerprint density at radius 3 is 1.76 bits per heavy atom. The Labute approximate surface area is 343 Å². The molecule has 16 nitrogen and oxygen atoms in total. The third kappa shape index (κ3) is 11.9. The number of benzene rings is 3. The van der Waals surface area contributed by atoms with E-state index in [1.807, 2.05) is 24.3 Å². The average Bonchev–Trinajstić information content (AvgIpc) is 3.70. The fraction of sp³-hybridized carbons (Fsp3) is 0.465. The molecule has 16 heteroatoms. The minimum Gasteiger partial charge on any atom is -0.449 e. The predicted molar refractivity (Wildman–Crippen MR) is 214 cm³/mol. The average molecular weight is 817 g/mol. The van der Waals surface area contributed by atoms with Crippen molar-refractivity contribution in [2.45, 2.75) is 31.2 Å². The Balaban J connectivity index is 0.679. The third-order valence-corrected chi connectivity index (χ3v) is 9.97. The van der Waals surface area contributed by atoms with Gasteiger partial charge < -0.3 is 43.8 Å². The molecule has 0 radical (unpaired) electrons. The first kappa shape index (κ1) is 43.4. The van der Waals surface area contributed by atoms with Gasteiger partial charge in [-0.1, -0.05) is 54.6 Å². The molecule has 6 rings (SSSR count). The van der Waals surface area contributed by atoms with Crippen molar-refractivity contribution < 1.29 is 57.1 Å². The summed E-state index contributed by atoms with van der Waals surface area (Å²) in [6.07, 6.45) is 0.393. The van der Waals surface area contributed by atoms with Crippen LogP contribution < -0.4 is 16.0 Å². The topological polar surface area (TPSA) is 189 Å². The summed E-state index contributed by atoms with van der Waals surface area (Å²) in [4.78, 5) is 63.2. The van der Waals surface area contributed by atoms with E-state index in [4.69, 9.17) is 33.2 Å². The highest BCUT2D eigenvalue weighted by molar-refractivity contribution is 6.25. The lowest BCUT2D eigenvalue weighted by Crippen LogP contribution is -2.54. The number of fused-ring (bicyclic) bond motifs is 4. The second-order valence-electron chi connectivity index (χ2n) is 13.9. The first-order valence-corrected chi connectivity index (χ1v) is 20.1. The van der Waals surface area contributed by atoms with Crippen molar-refractivity contribution >= 4 is 35.4 Å². The number of hydrogen-bond acceptors (Lipinski definition) is 13. The van der Waals surface area contributed by atoms with Gasteiger partial charge in [0, 0.05) is 37.7 Å². The smallest absolute Gasteiger partial charge is 0.407 e. The summed E-state index contributed by atoms with van der Waals surface area (Å²) in [5.74, 6) is -2.15. The van der Waals surface area contributed by atoms with Gasteiger partial charge >= 0.3 is 6.09 Å². The molecule has 5 amide bonds. The molecule has 0 spiro atoms. The summed E-state index contributed by atoms with van der Waals surface area (Å²) in [6, 6.07) is 20.4. The molecule has 0 saturated carbocycles. The van der Waals surface area contributed by atoms with Crippen molar-refractivity contribution in [3.05, 3.63) is 89.0 Å². The Kier molecular flexibility index (Phi) is 16.7. The maximum Gasteiger partial charge on any atom is 0.407 e. The van der Waals surface area contributed by atoms with Gasteiger partial charge in [0.2, 0.25) is 11.8 Å². The molecule has 0 bridgehead atoms. The number of hydrogen-bond donors (Lipinski definition) is 3. The molecule has 3 aromatic rings. The van der Waals surface area contributed by atoms with E-state index >= 15 is 0 Å². The second-order valence-corrected chi connectivity index (χ2v) is 13.9. The zero-order valence-electron chi connectivity index (χ0n) is 33.1. The van der Waals surface area contributed by atoms with Gasteiger partial charge in [0.15, 0.2) is 0 Å². The number of anilines is 1. The van der Waals surface area contributed by atoms with Gasteiger partial charge in [0.05, 0.1) is 83.8 Å². The standard InChI is InChI=1S/C43H52N4O12/c48-38-14-13-37(40(49)46-38)47-41(50)34-11-5-12-36(39(34)42(47)51)44-16-18-54-20-22-56-24-26-58-28-27-57-25-23-55-21-19-53-17-6-15-45-43(52)59-29-35-32-9-3-1-7-30(32)31-8-2-4-10-33(31)35/h1-5,7-12,35,37,44H,6,13-29H2,(H,45,52)(H,46,48,49). The molecule has 1 unspecified atom stereocenters. The summed E-state index contributed by atoms with van der Waals surface area (Å²) < 4.78 is 38.8. The lowest BCUT2D eigenvalue weighted by molar-refractivity contribution is -0.136. The molecule has 1 aliphatic carbocycles. The molecule has 2 aliphatic heterocycles. The summed E-state index contributed by atoms with van der Waals surface area (Å²) in [5.41, 5.74) is 5.65. The van der Waals surface area contributed by atoms with Crippen LogP contribution in [0.25, 0.3) is 11.1 Å². The van der Waals surface area contributed by atoms with Gasteiger partial charge in [-0.15, -0.1) is 0 Å². The van der Waals surface area contributed by atoms with Crippen LogP contribution in [-0.2, 0) is 42.7 Å². The van der Waals surface area contributed by atoms with Crippen molar-refractivity contribution in [2.24, 2.45) is 0 Å². The van der Waals surface area contributed by atoms with Crippen LogP contribution in [0, 0.1) is 0 Å². The quantitative estimate of drug-likeness (QED) is 0.0790. The first-order valence-electron chi connectivity index (χ1n) is 20.1.